The second-order valence-electron chi connectivity index (χ2n) is 11.5. The Morgan fingerprint density at radius 3 is 2.56 bits per heavy atom. The Morgan fingerprint density at radius 2 is 1.89 bits per heavy atom. The zero-order chi connectivity index (χ0) is 25.8. The topological polar surface area (TPSA) is 87.1 Å². The number of carboxylic acids is 1. The number of fused-ring (bicyclic) bond motifs is 7. The van der Waals surface area contributed by atoms with E-state index in [2.05, 4.69) is 0 Å². The van der Waals surface area contributed by atoms with Crippen LogP contribution in [0.2, 0.25) is 5.02 Å². The van der Waals surface area contributed by atoms with E-state index < -0.39 is 63.9 Å². The number of alkyl halides is 2. The number of ketones is 1. The second-order valence-corrected chi connectivity index (χ2v) is 11.9. The van der Waals surface area contributed by atoms with E-state index >= 15 is 8.78 Å². The van der Waals surface area contributed by atoms with Crippen LogP contribution in [0.5, 0.6) is 0 Å². The van der Waals surface area contributed by atoms with Gasteiger partial charge >= 0.3 is 5.97 Å². The zero-order valence-corrected chi connectivity index (χ0v) is 20.7. The third kappa shape index (κ3) is 2.68. The molecule has 1 saturated heterocycles. The molecule has 1 unspecified atom stereocenters. The summed E-state index contributed by atoms with van der Waals surface area (Å²) in [6.07, 6.45) is 0.555. The summed E-state index contributed by atoms with van der Waals surface area (Å²) in [6.45, 7) is 3.53. The van der Waals surface area contributed by atoms with E-state index in [0.29, 0.717) is 17.1 Å². The number of anilines is 1. The molecule has 1 aromatic carbocycles. The van der Waals surface area contributed by atoms with Gasteiger partial charge in [-0.1, -0.05) is 24.6 Å². The van der Waals surface area contributed by atoms with Crippen molar-refractivity contribution in [3.05, 3.63) is 53.1 Å². The molecule has 0 bridgehead atoms. The van der Waals surface area contributed by atoms with Crippen LogP contribution in [-0.2, 0) is 14.4 Å². The Labute approximate surface area is 212 Å². The Kier molecular flexibility index (Phi) is 4.94. The molecule has 0 spiro atoms. The highest BCUT2D eigenvalue weighted by molar-refractivity contribution is 6.30. The molecule has 5 aliphatic rings. The van der Waals surface area contributed by atoms with Crippen molar-refractivity contribution in [2.24, 2.45) is 28.6 Å². The number of carbonyl (C=O) groups is 2. The fourth-order valence-electron chi connectivity index (χ4n) is 8.37. The lowest BCUT2D eigenvalue weighted by Gasteiger charge is -2.62. The molecule has 3 saturated carbocycles. The maximum atomic E-state index is 17.3. The molecule has 6 rings (SSSR count). The second kappa shape index (κ2) is 7.39. The summed E-state index contributed by atoms with van der Waals surface area (Å²) in [4.78, 5) is 31.2. The molecule has 4 fully saturated rings. The number of hydrogen-bond acceptors (Lipinski definition) is 5. The van der Waals surface area contributed by atoms with Crippen LogP contribution in [0.4, 0.5) is 14.5 Å². The molecule has 9 atom stereocenters. The first-order chi connectivity index (χ1) is 16.9. The van der Waals surface area contributed by atoms with Crippen LogP contribution in [0.15, 0.2) is 48.1 Å². The van der Waals surface area contributed by atoms with Crippen molar-refractivity contribution >= 4 is 29.0 Å². The first kappa shape index (κ1) is 24.1. The number of aliphatic hydroxyl groups is 1. The van der Waals surface area contributed by atoms with Gasteiger partial charge in [-0.2, -0.15) is 0 Å². The molecule has 0 radical (unpaired) electrons. The summed E-state index contributed by atoms with van der Waals surface area (Å²) in [5, 5.41) is 24.1. The van der Waals surface area contributed by atoms with E-state index in [1.807, 2.05) is 0 Å². The number of hydroxylamine groups is 1. The van der Waals surface area contributed by atoms with E-state index in [1.54, 1.807) is 31.2 Å². The normalized spacial score (nSPS) is 47.1. The molecule has 0 amide bonds. The van der Waals surface area contributed by atoms with Crippen molar-refractivity contribution in [2.75, 3.05) is 11.6 Å². The number of aliphatic hydroxyl groups excluding tert-OH is 1. The maximum absolute atomic E-state index is 17.3. The number of hydrogen-bond donors (Lipinski definition) is 2. The SMILES string of the molecule is C[C@]12C=CC(=O)C=C1[C@@H](F)C[C@H]1C3C[C@H]4CN(c5ccc(Cl)cc5)O[C@@]4(C(=O)O)[C@@]3(C)C[C@H](O)[C@@]12F. The lowest BCUT2D eigenvalue weighted by molar-refractivity contribution is -0.233. The zero-order valence-electron chi connectivity index (χ0n) is 20.0. The number of benzene rings is 1. The smallest absolute Gasteiger partial charge is 0.339 e. The predicted molar refractivity (Wildman–Crippen MR) is 128 cm³/mol. The number of allylic oxidation sites excluding steroid dienone is 4. The van der Waals surface area contributed by atoms with Crippen LogP contribution >= 0.6 is 11.6 Å². The van der Waals surface area contributed by atoms with Gasteiger partial charge in [-0.3, -0.25) is 14.7 Å². The minimum atomic E-state index is -2.25. The predicted octanol–water partition coefficient (Wildman–Crippen LogP) is 4.46. The molecule has 1 heterocycles. The third-order valence-electron chi connectivity index (χ3n) is 10.1. The van der Waals surface area contributed by atoms with Gasteiger partial charge in [-0.05, 0) is 74.1 Å². The molecule has 4 aliphatic carbocycles. The maximum Gasteiger partial charge on any atom is 0.339 e. The lowest BCUT2D eigenvalue weighted by Crippen LogP contribution is -2.70. The number of carbonyl (C=O) groups excluding carboxylic acids is 1. The Bertz CT molecular complexity index is 1220. The van der Waals surface area contributed by atoms with Crippen LogP contribution in [0.3, 0.4) is 0 Å². The van der Waals surface area contributed by atoms with Gasteiger partial charge in [0.25, 0.3) is 0 Å². The highest BCUT2D eigenvalue weighted by Gasteiger charge is 2.80. The number of carboxylic acid groups (broad SMARTS) is 1. The number of nitrogens with zero attached hydrogens (tertiary/aromatic N) is 1. The van der Waals surface area contributed by atoms with Gasteiger partial charge < -0.3 is 10.2 Å². The van der Waals surface area contributed by atoms with Crippen molar-refractivity contribution in [1.82, 2.24) is 0 Å². The van der Waals surface area contributed by atoms with Gasteiger partial charge in [-0.15, -0.1) is 0 Å². The van der Waals surface area contributed by atoms with Crippen LogP contribution < -0.4 is 5.06 Å². The van der Waals surface area contributed by atoms with Gasteiger partial charge in [0, 0.05) is 27.7 Å². The molecule has 192 valence electrons. The van der Waals surface area contributed by atoms with Crippen molar-refractivity contribution in [3.8, 4) is 0 Å². The standard InChI is InChI=1S/C27H28ClF2NO5/c1-24-8-7-17(32)10-20(24)21(29)11-19-18-9-14-13-31(16-5-3-15(28)4-6-16)36-27(14,23(34)35)25(18,2)12-22(33)26(19,24)30/h3-8,10,14,18-19,21-22,33H,9,11-13H2,1-2H3,(H,34,35)/t14-,18?,19-,21-,22-,24-,25-,26-,27-/m0/s1. The van der Waals surface area contributed by atoms with E-state index in [9.17, 15) is 19.8 Å². The average Bonchev–Trinajstić information content (AvgIpc) is 3.32. The van der Waals surface area contributed by atoms with Crippen LogP contribution in [-0.4, -0.2) is 52.1 Å². The van der Waals surface area contributed by atoms with Gasteiger partial charge in [-0.25, -0.2) is 13.6 Å². The van der Waals surface area contributed by atoms with E-state index in [0.717, 1.165) is 6.08 Å². The van der Waals surface area contributed by atoms with Gasteiger partial charge in [0.05, 0.1) is 18.3 Å². The molecular weight excluding hydrogens is 492 g/mol. The Hall–Kier alpha value is -2.29. The average molecular weight is 520 g/mol. The van der Waals surface area contributed by atoms with Crippen LogP contribution in [0.25, 0.3) is 0 Å². The Balaban J connectivity index is 1.43. The van der Waals surface area contributed by atoms with Gasteiger partial charge in [0.2, 0.25) is 5.60 Å². The first-order valence-electron chi connectivity index (χ1n) is 12.3. The van der Waals surface area contributed by atoms with E-state index in [1.165, 1.54) is 24.1 Å². The van der Waals surface area contributed by atoms with Gasteiger partial charge in [0.1, 0.15) is 6.17 Å². The molecule has 1 aliphatic heterocycles. The minimum absolute atomic E-state index is 0.0488. The summed E-state index contributed by atoms with van der Waals surface area (Å²) < 4.78 is 32.9. The van der Waals surface area contributed by atoms with Crippen molar-refractivity contribution < 1.29 is 33.4 Å². The van der Waals surface area contributed by atoms with Gasteiger partial charge in [0.15, 0.2) is 11.5 Å². The largest absolute Gasteiger partial charge is 0.479 e. The molecular formula is C27H28ClF2NO5. The first-order valence-corrected chi connectivity index (χ1v) is 12.7. The lowest BCUT2D eigenvalue weighted by atomic mass is 9.44. The number of rotatable bonds is 2. The molecule has 9 heteroatoms. The summed E-state index contributed by atoms with van der Waals surface area (Å²) in [6, 6.07) is 6.85. The molecule has 6 nitrogen and oxygen atoms in total. The van der Waals surface area contributed by atoms with E-state index in [4.69, 9.17) is 16.4 Å². The van der Waals surface area contributed by atoms with Crippen molar-refractivity contribution in [1.29, 1.82) is 0 Å². The highest BCUT2D eigenvalue weighted by Crippen LogP contribution is 2.72. The number of aliphatic carboxylic acids is 1. The fraction of sp³-hybridized carbons (Fsp3) is 0.556. The summed E-state index contributed by atoms with van der Waals surface area (Å²) in [5.41, 5.74) is -5.93. The third-order valence-corrected chi connectivity index (χ3v) is 10.3. The summed E-state index contributed by atoms with van der Waals surface area (Å²) >= 11 is 6.00. The molecule has 1 aromatic rings. The quantitative estimate of drug-likeness (QED) is 0.600. The van der Waals surface area contributed by atoms with Crippen molar-refractivity contribution in [2.45, 2.75) is 56.7 Å². The van der Waals surface area contributed by atoms with Crippen LogP contribution in [0, 0.1) is 28.6 Å². The fourth-order valence-corrected chi connectivity index (χ4v) is 8.50. The Morgan fingerprint density at radius 1 is 1.19 bits per heavy atom. The van der Waals surface area contributed by atoms with Crippen LogP contribution in [0.1, 0.15) is 33.1 Å². The monoisotopic (exact) mass is 519 g/mol. The highest BCUT2D eigenvalue weighted by atomic mass is 35.5. The molecule has 0 aromatic heterocycles. The minimum Gasteiger partial charge on any atom is -0.479 e. The molecule has 36 heavy (non-hydrogen) atoms. The molecule has 2 N–H and O–H groups in total. The number of halogens is 3. The summed E-state index contributed by atoms with van der Waals surface area (Å²) in [7, 11) is 0. The van der Waals surface area contributed by atoms with E-state index in [-0.39, 0.29) is 25.0 Å². The van der Waals surface area contributed by atoms with Crippen molar-refractivity contribution in [3.63, 3.8) is 0 Å². The summed E-state index contributed by atoms with van der Waals surface area (Å²) in [5.74, 6) is -3.56.